The predicted octanol–water partition coefficient (Wildman–Crippen LogP) is 1.77. The van der Waals surface area contributed by atoms with Crippen LogP contribution in [0.5, 0.6) is 0 Å². The van der Waals surface area contributed by atoms with Crippen LogP contribution in [-0.4, -0.2) is 37.8 Å². The fourth-order valence-electron chi connectivity index (χ4n) is 3.56. The molecule has 1 aliphatic heterocycles. The Bertz CT molecular complexity index is 832. The molecule has 0 unspecified atom stereocenters. The monoisotopic (exact) mass is 353 g/mol. The smallest absolute Gasteiger partial charge is 0.271 e. The predicted molar refractivity (Wildman–Crippen MR) is 95.0 cm³/mol. The Balaban J connectivity index is 1.45. The average Bonchev–Trinajstić information content (AvgIpc) is 3.21. The molecule has 3 atom stereocenters. The number of hydrogen-bond acceptors (Lipinski definition) is 4. The van der Waals surface area contributed by atoms with Crippen molar-refractivity contribution in [2.45, 2.75) is 39.4 Å². The second kappa shape index (κ2) is 6.55. The Morgan fingerprint density at radius 3 is 2.81 bits per heavy atom. The van der Waals surface area contributed by atoms with Gasteiger partial charge in [-0.3, -0.25) is 14.6 Å². The van der Waals surface area contributed by atoms with E-state index in [0.29, 0.717) is 31.2 Å². The third-order valence-corrected chi connectivity index (χ3v) is 5.35. The first-order valence-electron chi connectivity index (χ1n) is 9.09. The summed E-state index contributed by atoms with van der Waals surface area (Å²) in [5, 5.41) is 2.87. The minimum absolute atomic E-state index is 0.107. The number of aromatic nitrogens is 3. The van der Waals surface area contributed by atoms with Gasteiger partial charge in [0.05, 0.1) is 6.04 Å². The van der Waals surface area contributed by atoms with Gasteiger partial charge < -0.3 is 14.8 Å². The zero-order valence-electron chi connectivity index (χ0n) is 15.1. The number of carbonyl (C=O) groups is 2. The van der Waals surface area contributed by atoms with Crippen LogP contribution in [0.3, 0.4) is 0 Å². The van der Waals surface area contributed by atoms with Crippen LogP contribution in [-0.2, 0) is 17.9 Å². The molecule has 136 valence electrons. The summed E-state index contributed by atoms with van der Waals surface area (Å²) in [5.74, 6) is 1.45. The van der Waals surface area contributed by atoms with E-state index in [2.05, 4.69) is 22.2 Å². The molecule has 2 aromatic heterocycles. The first-order valence-corrected chi connectivity index (χ1v) is 9.09. The van der Waals surface area contributed by atoms with Gasteiger partial charge in [-0.1, -0.05) is 13.0 Å². The molecular weight excluding hydrogens is 330 g/mol. The second-order valence-corrected chi connectivity index (χ2v) is 7.25. The zero-order chi connectivity index (χ0) is 18.3. The molecule has 0 saturated heterocycles. The molecule has 7 nitrogen and oxygen atoms in total. The lowest BCUT2D eigenvalue weighted by molar-refractivity contribution is -0.136. The van der Waals surface area contributed by atoms with E-state index >= 15 is 0 Å². The van der Waals surface area contributed by atoms with E-state index in [9.17, 15) is 9.59 Å². The second-order valence-electron chi connectivity index (χ2n) is 7.25. The number of carbonyl (C=O) groups excluding carboxylic acids is 2. The van der Waals surface area contributed by atoms with Crippen LogP contribution < -0.4 is 5.32 Å². The van der Waals surface area contributed by atoms with E-state index in [1.807, 2.05) is 28.5 Å². The van der Waals surface area contributed by atoms with Gasteiger partial charge in [-0.05, 0) is 30.9 Å². The SMILES string of the molecule is C[C@@H]1C[C@@H]1C(=O)N1CCn2cc(C(=O)NCc3cccnc3)nc2[C@H]1C. The molecule has 4 rings (SSSR count). The molecule has 1 saturated carbocycles. The van der Waals surface area contributed by atoms with Crippen LogP contribution >= 0.6 is 0 Å². The first-order chi connectivity index (χ1) is 12.5. The summed E-state index contributed by atoms with van der Waals surface area (Å²) in [6.45, 7) is 5.86. The number of amides is 2. The van der Waals surface area contributed by atoms with Crippen LogP contribution in [0.2, 0.25) is 0 Å². The molecule has 7 heteroatoms. The van der Waals surface area contributed by atoms with E-state index in [0.717, 1.165) is 17.8 Å². The first kappa shape index (κ1) is 16.8. The Morgan fingerprint density at radius 2 is 2.12 bits per heavy atom. The van der Waals surface area contributed by atoms with Gasteiger partial charge >= 0.3 is 0 Å². The molecule has 0 spiro atoms. The van der Waals surface area contributed by atoms with Gasteiger partial charge in [-0.2, -0.15) is 0 Å². The molecule has 2 aliphatic rings. The maximum atomic E-state index is 12.6. The van der Waals surface area contributed by atoms with Gasteiger partial charge in [0.1, 0.15) is 11.5 Å². The molecule has 0 aromatic carbocycles. The van der Waals surface area contributed by atoms with Crippen molar-refractivity contribution in [3.05, 3.63) is 47.8 Å². The van der Waals surface area contributed by atoms with Crippen molar-refractivity contribution < 1.29 is 9.59 Å². The molecule has 1 fully saturated rings. The largest absolute Gasteiger partial charge is 0.347 e. The normalized spacial score (nSPS) is 24.1. The van der Waals surface area contributed by atoms with Gasteiger partial charge in [0.15, 0.2) is 0 Å². The Kier molecular flexibility index (Phi) is 4.22. The van der Waals surface area contributed by atoms with E-state index < -0.39 is 0 Å². The average molecular weight is 353 g/mol. The number of rotatable bonds is 4. The molecule has 2 aromatic rings. The highest BCUT2D eigenvalue weighted by Crippen LogP contribution is 2.41. The fraction of sp³-hybridized carbons (Fsp3) is 0.474. The van der Waals surface area contributed by atoms with E-state index in [1.54, 1.807) is 18.6 Å². The van der Waals surface area contributed by atoms with Crippen LogP contribution in [0.25, 0.3) is 0 Å². The van der Waals surface area contributed by atoms with Gasteiger partial charge in [0.2, 0.25) is 5.91 Å². The van der Waals surface area contributed by atoms with Crippen LogP contribution in [0.4, 0.5) is 0 Å². The van der Waals surface area contributed by atoms with Gasteiger partial charge in [-0.15, -0.1) is 0 Å². The number of nitrogens with zero attached hydrogens (tertiary/aromatic N) is 4. The fourth-order valence-corrected chi connectivity index (χ4v) is 3.56. The summed E-state index contributed by atoms with van der Waals surface area (Å²) in [7, 11) is 0. The highest BCUT2D eigenvalue weighted by molar-refractivity contribution is 5.92. The van der Waals surface area contributed by atoms with Crippen molar-refractivity contribution >= 4 is 11.8 Å². The number of fused-ring (bicyclic) bond motifs is 1. The van der Waals surface area contributed by atoms with E-state index in [-0.39, 0.29) is 23.8 Å². The van der Waals surface area contributed by atoms with Crippen molar-refractivity contribution in [1.82, 2.24) is 24.8 Å². The maximum Gasteiger partial charge on any atom is 0.271 e. The van der Waals surface area contributed by atoms with Crippen LogP contribution in [0, 0.1) is 11.8 Å². The van der Waals surface area contributed by atoms with E-state index in [1.165, 1.54) is 0 Å². The summed E-state index contributed by atoms with van der Waals surface area (Å²) in [6, 6.07) is 3.64. The molecule has 0 bridgehead atoms. The third-order valence-electron chi connectivity index (χ3n) is 5.35. The third kappa shape index (κ3) is 3.09. The quantitative estimate of drug-likeness (QED) is 0.908. The highest BCUT2D eigenvalue weighted by Gasteiger charge is 2.44. The number of nitrogens with one attached hydrogen (secondary N) is 1. The summed E-state index contributed by atoms with van der Waals surface area (Å²) in [4.78, 5) is 35.5. The Labute approximate surface area is 152 Å². The molecule has 0 radical (unpaired) electrons. The van der Waals surface area contributed by atoms with Crippen molar-refractivity contribution in [1.29, 1.82) is 0 Å². The number of imidazole rings is 1. The van der Waals surface area contributed by atoms with Crippen LogP contribution in [0.15, 0.2) is 30.7 Å². The molecular formula is C19H23N5O2. The van der Waals surface area contributed by atoms with Crippen molar-refractivity contribution in [2.24, 2.45) is 11.8 Å². The summed E-state index contributed by atoms with van der Waals surface area (Å²) >= 11 is 0. The lowest BCUT2D eigenvalue weighted by Gasteiger charge is -2.34. The van der Waals surface area contributed by atoms with Gasteiger partial charge in [-0.25, -0.2) is 4.98 Å². The minimum Gasteiger partial charge on any atom is -0.347 e. The summed E-state index contributed by atoms with van der Waals surface area (Å²) < 4.78 is 1.99. The van der Waals surface area contributed by atoms with Crippen molar-refractivity contribution in [2.75, 3.05) is 6.54 Å². The zero-order valence-corrected chi connectivity index (χ0v) is 15.1. The summed E-state index contributed by atoms with van der Waals surface area (Å²) in [6.07, 6.45) is 6.19. The van der Waals surface area contributed by atoms with Gasteiger partial charge in [0, 0.05) is 44.1 Å². The molecule has 1 N–H and O–H groups in total. The lowest BCUT2D eigenvalue weighted by Crippen LogP contribution is -2.42. The topological polar surface area (TPSA) is 80.1 Å². The minimum atomic E-state index is -0.211. The van der Waals surface area contributed by atoms with Crippen molar-refractivity contribution in [3.63, 3.8) is 0 Å². The molecule has 26 heavy (non-hydrogen) atoms. The molecule has 1 aliphatic carbocycles. The van der Waals surface area contributed by atoms with E-state index in [4.69, 9.17) is 0 Å². The Hall–Kier alpha value is -2.70. The highest BCUT2D eigenvalue weighted by atomic mass is 16.2. The van der Waals surface area contributed by atoms with Crippen LogP contribution in [0.1, 0.15) is 48.2 Å². The number of pyridine rings is 1. The molecule has 2 amide bonds. The Morgan fingerprint density at radius 1 is 1.31 bits per heavy atom. The van der Waals surface area contributed by atoms with Gasteiger partial charge in [0.25, 0.3) is 5.91 Å². The van der Waals surface area contributed by atoms with Crippen molar-refractivity contribution in [3.8, 4) is 0 Å². The molecule has 3 heterocycles. The maximum absolute atomic E-state index is 12.6. The summed E-state index contributed by atoms with van der Waals surface area (Å²) in [5.41, 5.74) is 1.33. The standard InChI is InChI=1S/C19H23N5O2/c1-12-8-15(12)19(26)24-7-6-23-11-16(22-17(23)13(24)2)18(25)21-10-14-4-3-5-20-9-14/h3-5,9,11-13,15H,6-8,10H2,1-2H3,(H,21,25)/t12-,13-,15+/m1/s1. The lowest BCUT2D eigenvalue weighted by atomic mass is 10.1. The number of hydrogen-bond donors (Lipinski definition) is 1.